The molecule has 1 N–H and O–H groups in total. The number of nitrogens with zero attached hydrogens (tertiary/aromatic N) is 1. The van der Waals surface area contributed by atoms with Crippen LogP contribution in [0.4, 0.5) is 0 Å². The molecular weight excluding hydrogens is 274 g/mol. The summed E-state index contributed by atoms with van der Waals surface area (Å²) < 4.78 is 5.83. The van der Waals surface area contributed by atoms with Gasteiger partial charge >= 0.3 is 5.97 Å². The Balaban J connectivity index is 2.26. The van der Waals surface area contributed by atoms with E-state index < -0.39 is 5.97 Å². The van der Waals surface area contributed by atoms with Crippen LogP contribution >= 0.6 is 11.3 Å². The average molecular weight is 297 g/mol. The number of aliphatic carboxylic acids is 1. The zero-order valence-electron chi connectivity index (χ0n) is 12.7. The Kier molecular flexibility index (Phi) is 4.21. The van der Waals surface area contributed by atoms with Crippen LogP contribution in [-0.2, 0) is 21.6 Å². The lowest BCUT2D eigenvalue weighted by molar-refractivity contribution is -0.136. The molecule has 112 valence electrons. The zero-order valence-corrected chi connectivity index (χ0v) is 13.5. The van der Waals surface area contributed by atoms with Gasteiger partial charge in [-0.05, 0) is 38.0 Å². The molecule has 0 aromatic carbocycles. The van der Waals surface area contributed by atoms with E-state index in [1.54, 1.807) is 7.11 Å². The van der Waals surface area contributed by atoms with Gasteiger partial charge in [-0.15, -0.1) is 11.3 Å². The third-order valence-corrected chi connectivity index (χ3v) is 5.74. The number of rotatable bonds is 4. The summed E-state index contributed by atoms with van der Waals surface area (Å²) in [6.45, 7) is 6.46. The lowest BCUT2D eigenvalue weighted by Gasteiger charge is -2.41. The molecule has 1 saturated carbocycles. The van der Waals surface area contributed by atoms with Crippen LogP contribution in [0, 0.1) is 12.3 Å². The second kappa shape index (κ2) is 5.45. The number of carbonyl (C=O) groups is 1. The van der Waals surface area contributed by atoms with E-state index in [1.807, 2.05) is 6.92 Å². The van der Waals surface area contributed by atoms with Crippen molar-refractivity contribution in [3.8, 4) is 0 Å². The highest BCUT2D eigenvalue weighted by Crippen LogP contribution is 2.48. The maximum Gasteiger partial charge on any atom is 0.308 e. The molecule has 0 saturated heterocycles. The van der Waals surface area contributed by atoms with Crippen LogP contribution in [0.1, 0.15) is 55.1 Å². The van der Waals surface area contributed by atoms with Gasteiger partial charge in [-0.1, -0.05) is 13.8 Å². The summed E-state index contributed by atoms with van der Waals surface area (Å²) in [6, 6.07) is 0. The molecule has 0 amide bonds. The largest absolute Gasteiger partial charge is 0.481 e. The number of carboxylic acids is 1. The first-order valence-electron chi connectivity index (χ1n) is 7.02. The molecule has 2 rings (SSSR count). The van der Waals surface area contributed by atoms with Crippen LogP contribution in [0.5, 0.6) is 0 Å². The lowest BCUT2D eigenvalue weighted by Crippen LogP contribution is -2.36. The SMILES string of the molecule is COC1(c2nc(C)c(CC(=O)O)s2)CCC(C)(C)CC1. The topological polar surface area (TPSA) is 59.4 Å². The Morgan fingerprint density at radius 1 is 1.35 bits per heavy atom. The summed E-state index contributed by atoms with van der Waals surface area (Å²) in [5, 5.41) is 9.90. The molecule has 20 heavy (non-hydrogen) atoms. The van der Waals surface area contributed by atoms with E-state index in [1.165, 1.54) is 11.3 Å². The van der Waals surface area contributed by atoms with E-state index in [0.717, 1.165) is 41.3 Å². The van der Waals surface area contributed by atoms with Crippen LogP contribution in [0.15, 0.2) is 0 Å². The van der Waals surface area contributed by atoms with E-state index in [-0.39, 0.29) is 12.0 Å². The number of aromatic nitrogens is 1. The van der Waals surface area contributed by atoms with E-state index >= 15 is 0 Å². The average Bonchev–Trinajstić information content (AvgIpc) is 2.71. The third kappa shape index (κ3) is 3.04. The van der Waals surface area contributed by atoms with Gasteiger partial charge in [-0.25, -0.2) is 4.98 Å². The fraction of sp³-hybridized carbons (Fsp3) is 0.733. The first kappa shape index (κ1) is 15.4. The predicted molar refractivity (Wildman–Crippen MR) is 79.1 cm³/mol. The van der Waals surface area contributed by atoms with Crippen molar-refractivity contribution in [2.24, 2.45) is 5.41 Å². The van der Waals surface area contributed by atoms with Crippen molar-refractivity contribution < 1.29 is 14.6 Å². The van der Waals surface area contributed by atoms with Crippen molar-refractivity contribution in [1.29, 1.82) is 0 Å². The summed E-state index contributed by atoms with van der Waals surface area (Å²) in [5.41, 5.74) is 0.869. The number of hydrogen-bond donors (Lipinski definition) is 1. The highest BCUT2D eigenvalue weighted by Gasteiger charge is 2.42. The molecule has 1 fully saturated rings. The number of methoxy groups -OCH3 is 1. The van der Waals surface area contributed by atoms with Gasteiger partial charge in [0.05, 0.1) is 12.1 Å². The van der Waals surface area contributed by atoms with Gasteiger partial charge in [0.25, 0.3) is 0 Å². The quantitative estimate of drug-likeness (QED) is 0.923. The van der Waals surface area contributed by atoms with E-state index in [0.29, 0.717) is 5.41 Å². The molecule has 1 aliphatic rings. The molecule has 1 aliphatic carbocycles. The fourth-order valence-corrected chi connectivity index (χ4v) is 4.04. The van der Waals surface area contributed by atoms with Crippen LogP contribution in [0.25, 0.3) is 0 Å². The first-order valence-corrected chi connectivity index (χ1v) is 7.83. The lowest BCUT2D eigenvalue weighted by atomic mass is 9.71. The van der Waals surface area contributed by atoms with Crippen LogP contribution < -0.4 is 0 Å². The van der Waals surface area contributed by atoms with Gasteiger partial charge in [-0.3, -0.25) is 4.79 Å². The van der Waals surface area contributed by atoms with Gasteiger partial charge in [0.2, 0.25) is 0 Å². The minimum atomic E-state index is -0.806. The summed E-state index contributed by atoms with van der Waals surface area (Å²) >= 11 is 1.50. The van der Waals surface area contributed by atoms with Crippen LogP contribution in [0.3, 0.4) is 0 Å². The summed E-state index contributed by atoms with van der Waals surface area (Å²) in [5.74, 6) is -0.806. The molecular formula is C15H23NO3S. The molecule has 0 bridgehead atoms. The Bertz CT molecular complexity index is 497. The maximum atomic E-state index is 10.9. The standard InChI is InChI=1S/C15H23NO3S/c1-10-11(9-12(17)18)20-13(16-10)15(19-4)7-5-14(2,3)6-8-15/h5-9H2,1-4H3,(H,17,18). The normalized spacial score (nSPS) is 20.8. The Labute approximate surface area is 124 Å². The molecule has 1 heterocycles. The van der Waals surface area contributed by atoms with E-state index in [4.69, 9.17) is 9.84 Å². The highest BCUT2D eigenvalue weighted by atomic mass is 32.1. The van der Waals surface area contributed by atoms with Gasteiger partial charge < -0.3 is 9.84 Å². The highest BCUT2D eigenvalue weighted by molar-refractivity contribution is 7.12. The van der Waals surface area contributed by atoms with Gasteiger partial charge in [0.15, 0.2) is 0 Å². The van der Waals surface area contributed by atoms with E-state index in [2.05, 4.69) is 18.8 Å². The van der Waals surface area contributed by atoms with Crippen molar-refractivity contribution in [2.45, 2.75) is 58.5 Å². The summed E-state index contributed by atoms with van der Waals surface area (Å²) in [4.78, 5) is 16.3. The smallest absolute Gasteiger partial charge is 0.308 e. The van der Waals surface area contributed by atoms with E-state index in [9.17, 15) is 4.79 Å². The number of thiazole rings is 1. The minimum absolute atomic E-state index is 0.0504. The molecule has 0 aliphatic heterocycles. The number of carboxylic acid groups (broad SMARTS) is 1. The first-order chi connectivity index (χ1) is 9.28. The van der Waals surface area contributed by atoms with Gasteiger partial charge in [0, 0.05) is 12.0 Å². The van der Waals surface area contributed by atoms with Crippen molar-refractivity contribution >= 4 is 17.3 Å². The molecule has 0 spiro atoms. The number of ether oxygens (including phenoxy) is 1. The molecule has 1 aromatic rings. The van der Waals surface area contributed by atoms with Crippen molar-refractivity contribution in [2.75, 3.05) is 7.11 Å². The Hall–Kier alpha value is -0.940. The minimum Gasteiger partial charge on any atom is -0.481 e. The van der Waals surface area contributed by atoms with Crippen LogP contribution in [-0.4, -0.2) is 23.2 Å². The monoisotopic (exact) mass is 297 g/mol. The van der Waals surface area contributed by atoms with Crippen molar-refractivity contribution in [3.63, 3.8) is 0 Å². The van der Waals surface area contributed by atoms with Crippen molar-refractivity contribution in [3.05, 3.63) is 15.6 Å². The van der Waals surface area contributed by atoms with Crippen molar-refractivity contribution in [1.82, 2.24) is 4.98 Å². The second-order valence-electron chi connectivity index (χ2n) is 6.46. The number of hydrogen-bond acceptors (Lipinski definition) is 4. The molecule has 4 nitrogen and oxygen atoms in total. The molecule has 1 aromatic heterocycles. The predicted octanol–water partition coefficient (Wildman–Crippen LogP) is 3.52. The molecule has 0 atom stereocenters. The fourth-order valence-electron chi connectivity index (χ4n) is 2.76. The summed E-state index contributed by atoms with van der Waals surface area (Å²) in [7, 11) is 1.74. The zero-order chi connectivity index (χ0) is 15.0. The molecule has 5 heteroatoms. The maximum absolute atomic E-state index is 10.9. The summed E-state index contributed by atoms with van der Waals surface area (Å²) in [6.07, 6.45) is 4.17. The Morgan fingerprint density at radius 3 is 2.45 bits per heavy atom. The van der Waals surface area contributed by atoms with Crippen LogP contribution in [0.2, 0.25) is 0 Å². The molecule has 0 radical (unpaired) electrons. The molecule has 0 unspecified atom stereocenters. The van der Waals surface area contributed by atoms with Gasteiger partial charge in [0.1, 0.15) is 10.6 Å². The number of aryl methyl sites for hydroxylation is 1. The van der Waals surface area contributed by atoms with Gasteiger partial charge in [-0.2, -0.15) is 0 Å². The second-order valence-corrected chi connectivity index (χ2v) is 7.54. The Morgan fingerprint density at radius 2 is 1.95 bits per heavy atom. The third-order valence-electron chi connectivity index (χ3n) is 4.40.